The Balaban J connectivity index is 0.00000120. The minimum absolute atomic E-state index is 0. The fourth-order valence-electron chi connectivity index (χ4n) is 1.97. The second kappa shape index (κ2) is 6.62. The summed E-state index contributed by atoms with van der Waals surface area (Å²) in [5, 5.41) is 0. The standard InChI is InChI=1S/C14H12BO2.Y/c1-2-6-12(7-3-1)10-16-15-14-9-5-4-8-13(14)11-17-15;/h1-3,5-9H,10-11H2;/q-1;. The van der Waals surface area contributed by atoms with E-state index in [4.69, 9.17) is 9.31 Å². The van der Waals surface area contributed by atoms with Crippen LogP contribution in [0.1, 0.15) is 11.1 Å². The number of fused-ring (bicyclic) bond motifs is 1. The van der Waals surface area contributed by atoms with E-state index in [1.54, 1.807) is 0 Å². The monoisotopic (exact) mass is 312 g/mol. The van der Waals surface area contributed by atoms with Crippen molar-refractivity contribution in [3.05, 3.63) is 65.7 Å². The van der Waals surface area contributed by atoms with E-state index >= 15 is 0 Å². The minimum atomic E-state index is -0.236. The molecule has 0 amide bonds. The summed E-state index contributed by atoms with van der Waals surface area (Å²) in [7, 11) is -0.236. The molecular weight excluding hydrogens is 300 g/mol. The Kier molecular flexibility index (Phi) is 5.13. The van der Waals surface area contributed by atoms with Crippen LogP contribution in [0.15, 0.2) is 48.5 Å². The van der Waals surface area contributed by atoms with Gasteiger partial charge >= 0.3 is 7.12 Å². The average molecular weight is 312 g/mol. The molecule has 4 heteroatoms. The maximum atomic E-state index is 5.78. The van der Waals surface area contributed by atoms with Gasteiger partial charge < -0.3 is 9.31 Å². The van der Waals surface area contributed by atoms with Crippen LogP contribution in [-0.4, -0.2) is 7.12 Å². The molecule has 0 spiro atoms. The molecule has 2 aromatic rings. The Labute approximate surface area is 133 Å². The number of rotatable bonds is 3. The van der Waals surface area contributed by atoms with Gasteiger partial charge in [0.2, 0.25) is 0 Å². The van der Waals surface area contributed by atoms with Crippen molar-refractivity contribution in [1.29, 1.82) is 0 Å². The Morgan fingerprint density at radius 3 is 2.89 bits per heavy atom. The topological polar surface area (TPSA) is 18.5 Å². The molecule has 18 heavy (non-hydrogen) atoms. The molecule has 0 bridgehead atoms. The van der Waals surface area contributed by atoms with E-state index in [9.17, 15) is 0 Å². The van der Waals surface area contributed by atoms with Crippen molar-refractivity contribution in [3.8, 4) is 0 Å². The Hall–Kier alpha value is -0.471. The van der Waals surface area contributed by atoms with E-state index in [1.807, 2.05) is 36.4 Å². The first kappa shape index (κ1) is 13.9. The second-order valence-corrected chi connectivity index (χ2v) is 4.06. The molecule has 0 aliphatic carbocycles. The Bertz CT molecular complexity index is 504. The molecule has 0 saturated heterocycles. The summed E-state index contributed by atoms with van der Waals surface area (Å²) in [4.78, 5) is 0. The molecule has 2 nitrogen and oxygen atoms in total. The summed E-state index contributed by atoms with van der Waals surface area (Å²) in [6.07, 6.45) is 0. The molecule has 0 aromatic heterocycles. The Morgan fingerprint density at radius 2 is 2.06 bits per heavy atom. The van der Waals surface area contributed by atoms with E-state index in [2.05, 4.69) is 18.2 Å². The first-order valence-electron chi connectivity index (χ1n) is 5.69. The van der Waals surface area contributed by atoms with Gasteiger partial charge in [-0.1, -0.05) is 30.3 Å². The quantitative estimate of drug-likeness (QED) is 0.637. The molecule has 1 heterocycles. The summed E-state index contributed by atoms with van der Waals surface area (Å²) < 4.78 is 11.4. The maximum Gasteiger partial charge on any atom is 0.468 e. The Morgan fingerprint density at radius 1 is 1.22 bits per heavy atom. The molecule has 87 valence electrons. The van der Waals surface area contributed by atoms with Gasteiger partial charge in [0.1, 0.15) is 0 Å². The molecule has 0 N–H and O–H groups in total. The fourth-order valence-corrected chi connectivity index (χ4v) is 1.97. The van der Waals surface area contributed by atoms with Crippen LogP contribution in [0.25, 0.3) is 0 Å². The van der Waals surface area contributed by atoms with Crippen molar-refractivity contribution in [1.82, 2.24) is 0 Å². The van der Waals surface area contributed by atoms with Crippen LogP contribution in [0.2, 0.25) is 0 Å². The summed E-state index contributed by atoms with van der Waals surface area (Å²) >= 11 is 0. The van der Waals surface area contributed by atoms with Crippen LogP contribution >= 0.6 is 0 Å². The summed E-state index contributed by atoms with van der Waals surface area (Å²) in [5.74, 6) is 0. The second-order valence-electron chi connectivity index (χ2n) is 4.06. The van der Waals surface area contributed by atoms with Crippen LogP contribution in [0.3, 0.4) is 0 Å². The molecule has 0 saturated carbocycles. The van der Waals surface area contributed by atoms with Gasteiger partial charge in [0.15, 0.2) is 0 Å². The van der Waals surface area contributed by atoms with E-state index < -0.39 is 0 Å². The molecule has 1 radical (unpaired) electrons. The van der Waals surface area contributed by atoms with Crippen molar-refractivity contribution in [3.63, 3.8) is 0 Å². The largest absolute Gasteiger partial charge is 0.468 e. The zero-order chi connectivity index (χ0) is 11.5. The molecule has 2 aromatic carbocycles. The van der Waals surface area contributed by atoms with E-state index in [1.165, 1.54) is 5.56 Å². The summed E-state index contributed by atoms with van der Waals surface area (Å²) in [5.41, 5.74) is 3.46. The maximum absolute atomic E-state index is 5.78. The van der Waals surface area contributed by atoms with Crippen molar-refractivity contribution >= 4 is 12.6 Å². The first-order valence-corrected chi connectivity index (χ1v) is 5.69. The number of hydrogen-bond donors (Lipinski definition) is 0. The van der Waals surface area contributed by atoms with E-state index in [-0.39, 0.29) is 39.8 Å². The molecule has 1 aliphatic rings. The van der Waals surface area contributed by atoms with E-state index in [0.717, 1.165) is 11.0 Å². The smallest absolute Gasteiger partial charge is 0.416 e. The third kappa shape index (κ3) is 3.10. The third-order valence-electron chi connectivity index (χ3n) is 2.88. The molecule has 3 rings (SSSR count). The zero-order valence-corrected chi connectivity index (χ0v) is 12.8. The van der Waals surface area contributed by atoms with Crippen LogP contribution in [-0.2, 0) is 55.2 Å². The van der Waals surface area contributed by atoms with Gasteiger partial charge in [-0.15, -0.1) is 11.0 Å². The van der Waals surface area contributed by atoms with Crippen LogP contribution in [0, 0.1) is 6.07 Å². The predicted molar refractivity (Wildman–Crippen MR) is 66.7 cm³/mol. The van der Waals surface area contributed by atoms with Crippen molar-refractivity contribution in [2.24, 2.45) is 0 Å². The fraction of sp³-hybridized carbons (Fsp3) is 0.143. The minimum Gasteiger partial charge on any atom is -0.416 e. The van der Waals surface area contributed by atoms with Gasteiger partial charge in [-0.05, 0) is 5.56 Å². The van der Waals surface area contributed by atoms with Gasteiger partial charge in [-0.2, -0.15) is 24.3 Å². The molecular formula is C14H12BO2Y-. The molecule has 0 unspecified atom stereocenters. The van der Waals surface area contributed by atoms with E-state index in [0.29, 0.717) is 13.2 Å². The molecule has 1 aliphatic heterocycles. The average Bonchev–Trinajstić information content (AvgIpc) is 2.81. The van der Waals surface area contributed by atoms with Crippen LogP contribution in [0.4, 0.5) is 0 Å². The van der Waals surface area contributed by atoms with Gasteiger partial charge in [0.05, 0.1) is 6.61 Å². The van der Waals surface area contributed by atoms with Crippen molar-refractivity contribution in [2.75, 3.05) is 0 Å². The number of benzene rings is 2. The van der Waals surface area contributed by atoms with Gasteiger partial charge in [0.25, 0.3) is 0 Å². The van der Waals surface area contributed by atoms with Gasteiger partial charge in [-0.3, -0.25) is 0 Å². The normalized spacial score (nSPS) is 13.0. The van der Waals surface area contributed by atoms with Crippen molar-refractivity contribution in [2.45, 2.75) is 13.2 Å². The molecule has 0 fully saturated rings. The summed E-state index contributed by atoms with van der Waals surface area (Å²) in [6, 6.07) is 19.0. The molecule has 0 atom stereocenters. The summed E-state index contributed by atoms with van der Waals surface area (Å²) in [6.45, 7) is 1.19. The SMILES string of the molecule is [Y].[c-]1ccc2c(c1)COB2OCc1ccccc1. The van der Waals surface area contributed by atoms with Gasteiger partial charge in [-0.25, -0.2) is 0 Å². The first-order chi connectivity index (χ1) is 8.43. The zero-order valence-electron chi connectivity index (χ0n) is 10.0. The van der Waals surface area contributed by atoms with Crippen LogP contribution < -0.4 is 5.46 Å². The van der Waals surface area contributed by atoms with Crippen LogP contribution in [0.5, 0.6) is 0 Å². The predicted octanol–water partition coefficient (Wildman–Crippen LogP) is 1.93. The van der Waals surface area contributed by atoms with Gasteiger partial charge in [0, 0.05) is 39.3 Å². The third-order valence-corrected chi connectivity index (χ3v) is 2.88. The van der Waals surface area contributed by atoms with Crippen molar-refractivity contribution < 1.29 is 42.0 Å². The number of hydrogen-bond acceptors (Lipinski definition) is 2.